The van der Waals surface area contributed by atoms with E-state index in [9.17, 15) is 14.9 Å². The molecule has 0 saturated heterocycles. The van der Waals surface area contributed by atoms with Crippen molar-refractivity contribution in [3.63, 3.8) is 0 Å². The van der Waals surface area contributed by atoms with Gasteiger partial charge in [0.05, 0.1) is 4.92 Å². The number of anilines is 1. The molecule has 0 heterocycles. The Bertz CT molecular complexity index is 416. The lowest BCUT2D eigenvalue weighted by Gasteiger charge is -2.07. The molecule has 0 atom stereocenters. The zero-order chi connectivity index (χ0) is 12.1. The summed E-state index contributed by atoms with van der Waals surface area (Å²) in [7, 11) is 0. The van der Waals surface area contributed by atoms with Crippen LogP contribution >= 0.6 is 0 Å². The molecule has 1 N–H and O–H groups in total. The summed E-state index contributed by atoms with van der Waals surface area (Å²) >= 11 is 0. The van der Waals surface area contributed by atoms with Crippen LogP contribution in [0.4, 0.5) is 11.4 Å². The zero-order valence-electron chi connectivity index (χ0n) is 9.32. The molecule has 0 unspecified atom stereocenters. The van der Waals surface area contributed by atoms with E-state index in [1.165, 1.54) is 12.1 Å². The molecule has 0 fully saturated rings. The lowest BCUT2D eigenvalue weighted by Crippen LogP contribution is -2.11. The van der Waals surface area contributed by atoms with E-state index in [0.29, 0.717) is 17.7 Å². The number of hydrogen-bond donors (Lipinski definition) is 1. The smallest absolute Gasteiger partial charge is 0.269 e. The lowest BCUT2D eigenvalue weighted by atomic mass is 10.1. The van der Waals surface area contributed by atoms with Gasteiger partial charge in [-0.2, -0.15) is 0 Å². The Morgan fingerprint density at radius 2 is 2.19 bits per heavy atom. The van der Waals surface area contributed by atoms with Crippen LogP contribution in [-0.4, -0.2) is 10.8 Å². The molecule has 1 aromatic rings. The third-order valence-corrected chi connectivity index (χ3v) is 2.17. The van der Waals surface area contributed by atoms with Crippen molar-refractivity contribution in [2.24, 2.45) is 0 Å². The molecule has 5 nitrogen and oxygen atoms in total. The molecule has 1 aromatic carbocycles. The molecule has 0 aliphatic rings. The summed E-state index contributed by atoms with van der Waals surface area (Å²) in [6, 6.07) is 4.39. The minimum Gasteiger partial charge on any atom is -0.326 e. The molecule has 0 aromatic heterocycles. The molecule has 0 aliphatic carbocycles. The van der Waals surface area contributed by atoms with Crippen LogP contribution in [0.3, 0.4) is 0 Å². The third-order valence-electron chi connectivity index (χ3n) is 2.17. The minimum absolute atomic E-state index is 0.0333. The number of nitrogens with one attached hydrogen (secondary N) is 1. The zero-order valence-corrected chi connectivity index (χ0v) is 9.32. The molecule has 0 aliphatic heterocycles. The molecule has 1 amide bonds. The van der Waals surface area contributed by atoms with Gasteiger partial charge in [-0.05, 0) is 25.0 Å². The van der Waals surface area contributed by atoms with E-state index in [1.54, 1.807) is 13.0 Å². The third kappa shape index (κ3) is 3.05. The number of nitro benzene ring substituents is 1. The summed E-state index contributed by atoms with van der Waals surface area (Å²) in [5.74, 6) is -0.0700. The van der Waals surface area contributed by atoms with E-state index in [0.717, 1.165) is 6.42 Å². The molecular formula is C11H14N2O3. The highest BCUT2D eigenvalue weighted by Gasteiger charge is 2.09. The van der Waals surface area contributed by atoms with Crippen LogP contribution < -0.4 is 5.32 Å². The van der Waals surface area contributed by atoms with Crippen LogP contribution in [0, 0.1) is 17.0 Å². The maximum atomic E-state index is 11.3. The number of hydrogen-bond acceptors (Lipinski definition) is 3. The lowest BCUT2D eigenvalue weighted by molar-refractivity contribution is -0.384. The summed E-state index contributed by atoms with van der Waals surface area (Å²) in [5, 5.41) is 13.2. The first-order chi connectivity index (χ1) is 7.54. The van der Waals surface area contributed by atoms with Crippen molar-refractivity contribution in [2.75, 3.05) is 5.32 Å². The van der Waals surface area contributed by atoms with Crippen molar-refractivity contribution < 1.29 is 9.72 Å². The van der Waals surface area contributed by atoms with Gasteiger partial charge in [-0.25, -0.2) is 0 Å². The van der Waals surface area contributed by atoms with Crippen LogP contribution in [0.2, 0.25) is 0 Å². The summed E-state index contributed by atoms with van der Waals surface area (Å²) < 4.78 is 0. The molecule has 0 radical (unpaired) electrons. The van der Waals surface area contributed by atoms with Crippen LogP contribution in [0.5, 0.6) is 0 Å². The van der Waals surface area contributed by atoms with Gasteiger partial charge in [-0.15, -0.1) is 0 Å². The molecule has 1 rings (SSSR count). The Kier molecular flexibility index (Phi) is 3.99. The van der Waals surface area contributed by atoms with Crippen molar-refractivity contribution in [2.45, 2.75) is 26.7 Å². The van der Waals surface area contributed by atoms with Gasteiger partial charge in [0.1, 0.15) is 0 Å². The summed E-state index contributed by atoms with van der Waals surface area (Å²) in [6.45, 7) is 3.65. The second kappa shape index (κ2) is 5.25. The molecule has 0 spiro atoms. The van der Waals surface area contributed by atoms with E-state index in [1.807, 2.05) is 6.92 Å². The van der Waals surface area contributed by atoms with Crippen LogP contribution in [-0.2, 0) is 4.79 Å². The van der Waals surface area contributed by atoms with E-state index in [2.05, 4.69) is 5.32 Å². The number of nitro groups is 1. The fourth-order valence-corrected chi connectivity index (χ4v) is 1.34. The van der Waals surface area contributed by atoms with Gasteiger partial charge in [0.15, 0.2) is 0 Å². The second-order valence-corrected chi connectivity index (χ2v) is 3.55. The van der Waals surface area contributed by atoms with Crippen LogP contribution in [0.15, 0.2) is 18.2 Å². The van der Waals surface area contributed by atoms with Crippen molar-refractivity contribution in [1.29, 1.82) is 0 Å². The van der Waals surface area contributed by atoms with E-state index in [4.69, 9.17) is 0 Å². The average molecular weight is 222 g/mol. The highest BCUT2D eigenvalue weighted by molar-refractivity contribution is 5.91. The first-order valence-electron chi connectivity index (χ1n) is 5.09. The van der Waals surface area contributed by atoms with Gasteiger partial charge in [0, 0.05) is 24.2 Å². The van der Waals surface area contributed by atoms with Gasteiger partial charge in [-0.3, -0.25) is 14.9 Å². The first-order valence-corrected chi connectivity index (χ1v) is 5.09. The summed E-state index contributed by atoms with van der Waals surface area (Å²) in [4.78, 5) is 21.4. The Hall–Kier alpha value is -1.91. The van der Waals surface area contributed by atoms with Crippen molar-refractivity contribution in [3.05, 3.63) is 33.9 Å². The number of amides is 1. The predicted octanol–water partition coefficient (Wildman–Crippen LogP) is 2.64. The fraction of sp³-hybridized carbons (Fsp3) is 0.364. The Labute approximate surface area is 93.6 Å². The Morgan fingerprint density at radius 1 is 1.50 bits per heavy atom. The number of benzene rings is 1. The minimum atomic E-state index is -0.454. The first kappa shape index (κ1) is 12.2. The monoisotopic (exact) mass is 222 g/mol. The van der Waals surface area contributed by atoms with Crippen molar-refractivity contribution >= 4 is 17.3 Å². The Morgan fingerprint density at radius 3 is 2.69 bits per heavy atom. The number of non-ortho nitro benzene ring substituents is 1. The predicted molar refractivity (Wildman–Crippen MR) is 61.4 cm³/mol. The second-order valence-electron chi connectivity index (χ2n) is 3.55. The maximum absolute atomic E-state index is 11.3. The van der Waals surface area contributed by atoms with Gasteiger partial charge in [-0.1, -0.05) is 6.92 Å². The van der Waals surface area contributed by atoms with Crippen LogP contribution in [0.1, 0.15) is 25.3 Å². The van der Waals surface area contributed by atoms with Gasteiger partial charge >= 0.3 is 0 Å². The van der Waals surface area contributed by atoms with Gasteiger partial charge in [0.2, 0.25) is 5.91 Å². The topological polar surface area (TPSA) is 72.2 Å². The van der Waals surface area contributed by atoms with E-state index < -0.39 is 4.92 Å². The normalized spacial score (nSPS) is 9.88. The van der Waals surface area contributed by atoms with Crippen molar-refractivity contribution in [3.8, 4) is 0 Å². The molecular weight excluding hydrogens is 208 g/mol. The SMILES string of the molecule is CCCC(=O)Nc1ccc([N+](=O)[O-])cc1C. The van der Waals surface area contributed by atoms with Gasteiger partial charge in [0.25, 0.3) is 5.69 Å². The Balaban J connectivity index is 2.83. The summed E-state index contributed by atoms with van der Waals surface area (Å²) in [5.41, 5.74) is 1.36. The molecule has 5 heteroatoms. The number of rotatable bonds is 4. The average Bonchev–Trinajstić information content (AvgIpc) is 2.21. The summed E-state index contributed by atoms with van der Waals surface area (Å²) in [6.07, 6.45) is 1.23. The number of carbonyl (C=O) groups is 1. The molecule has 86 valence electrons. The van der Waals surface area contributed by atoms with E-state index in [-0.39, 0.29) is 11.6 Å². The number of nitrogens with zero attached hydrogens (tertiary/aromatic N) is 1. The van der Waals surface area contributed by atoms with Gasteiger partial charge < -0.3 is 5.32 Å². The standard InChI is InChI=1S/C11H14N2O3/c1-3-4-11(14)12-10-6-5-9(13(15)16)7-8(10)2/h5-7H,3-4H2,1-2H3,(H,12,14). The molecule has 0 saturated carbocycles. The van der Waals surface area contributed by atoms with Crippen molar-refractivity contribution in [1.82, 2.24) is 0 Å². The van der Waals surface area contributed by atoms with E-state index >= 15 is 0 Å². The fourth-order valence-electron chi connectivity index (χ4n) is 1.34. The highest BCUT2D eigenvalue weighted by Crippen LogP contribution is 2.21. The maximum Gasteiger partial charge on any atom is 0.269 e. The number of aryl methyl sites for hydroxylation is 1. The molecule has 0 bridgehead atoms. The van der Waals surface area contributed by atoms with Crippen LogP contribution in [0.25, 0.3) is 0 Å². The quantitative estimate of drug-likeness (QED) is 0.628. The molecule has 16 heavy (non-hydrogen) atoms. The largest absolute Gasteiger partial charge is 0.326 e. The number of carbonyl (C=O) groups excluding carboxylic acids is 1. The highest BCUT2D eigenvalue weighted by atomic mass is 16.6.